The van der Waals surface area contributed by atoms with Gasteiger partial charge in [0.1, 0.15) is 0 Å². The summed E-state index contributed by atoms with van der Waals surface area (Å²) in [4.78, 5) is 0. The Bertz CT molecular complexity index is 3860. The van der Waals surface area contributed by atoms with Gasteiger partial charge in [-0.05, 0) is 105 Å². The second-order valence-electron chi connectivity index (χ2n) is 16.1. The molecule has 284 valence electrons. The minimum atomic E-state index is 1.17. The van der Waals surface area contributed by atoms with Crippen LogP contribution in [-0.4, -0.2) is 9.13 Å². The van der Waals surface area contributed by atoms with Gasteiger partial charge in [-0.1, -0.05) is 152 Å². The average Bonchev–Trinajstić information content (AvgIpc) is 3.99. The van der Waals surface area contributed by atoms with E-state index in [1.54, 1.807) is 0 Å². The molecule has 0 saturated carbocycles. The number of thiophene rings is 1. The molecule has 0 saturated heterocycles. The van der Waals surface area contributed by atoms with Crippen LogP contribution in [-0.2, 0) is 0 Å². The molecule has 0 spiro atoms. The summed E-state index contributed by atoms with van der Waals surface area (Å²) in [5.74, 6) is 0. The highest BCUT2D eigenvalue weighted by Gasteiger charge is 2.19. The molecular formula is C58H36N2S. The summed E-state index contributed by atoms with van der Waals surface area (Å²) >= 11 is 1.89. The minimum Gasteiger partial charge on any atom is -0.309 e. The third-order valence-electron chi connectivity index (χ3n) is 12.7. The quantitative estimate of drug-likeness (QED) is 0.164. The number of benzene rings is 10. The van der Waals surface area contributed by atoms with Gasteiger partial charge in [0.25, 0.3) is 0 Å². The molecule has 2 nitrogen and oxygen atoms in total. The first kappa shape index (κ1) is 34.2. The van der Waals surface area contributed by atoms with Crippen molar-refractivity contribution >= 4 is 85.9 Å². The van der Waals surface area contributed by atoms with Crippen molar-refractivity contribution in [2.45, 2.75) is 0 Å². The summed E-state index contributed by atoms with van der Waals surface area (Å²) in [6, 6.07) is 80.5. The summed E-state index contributed by atoms with van der Waals surface area (Å²) in [5, 5.41) is 10.1. The van der Waals surface area contributed by atoms with Gasteiger partial charge >= 0.3 is 0 Å². The first-order valence-corrected chi connectivity index (χ1v) is 21.7. The number of hydrogen-bond donors (Lipinski definition) is 0. The van der Waals surface area contributed by atoms with Crippen LogP contribution in [0, 0.1) is 0 Å². The Morgan fingerprint density at radius 2 is 0.787 bits per heavy atom. The second-order valence-corrected chi connectivity index (χ2v) is 17.1. The Morgan fingerprint density at radius 1 is 0.279 bits per heavy atom. The van der Waals surface area contributed by atoms with Crippen LogP contribution in [0.15, 0.2) is 218 Å². The van der Waals surface area contributed by atoms with Crippen LogP contribution in [0.2, 0.25) is 0 Å². The molecule has 0 unspecified atom stereocenters. The number of para-hydroxylation sites is 3. The zero-order valence-corrected chi connectivity index (χ0v) is 33.9. The van der Waals surface area contributed by atoms with Crippen LogP contribution < -0.4 is 0 Å². The standard InChI is InChI=1S/C58H36N2S/c1-2-15-42(16-3-1)59-53-22-9-6-18-46(53)50-33-40(29-31-55(50)59)41-30-32-56-51(34-41)47-19-7-10-23-54(47)60(56)43-35-49(58-52(36-43)48-20-8-11-24-57(48)61-58)39-27-25-38(26-28-39)45-21-12-14-37-13-4-5-17-44(37)45/h1-36H. The van der Waals surface area contributed by atoms with Gasteiger partial charge in [0, 0.05) is 58.7 Å². The van der Waals surface area contributed by atoms with Crippen molar-refractivity contribution < 1.29 is 0 Å². The Labute approximate surface area is 356 Å². The van der Waals surface area contributed by atoms with Crippen LogP contribution in [0.5, 0.6) is 0 Å². The lowest BCUT2D eigenvalue weighted by Gasteiger charge is -2.13. The van der Waals surface area contributed by atoms with Gasteiger partial charge in [0.2, 0.25) is 0 Å². The molecule has 0 atom stereocenters. The first-order chi connectivity index (χ1) is 30.2. The van der Waals surface area contributed by atoms with Crippen LogP contribution in [0.3, 0.4) is 0 Å². The number of fused-ring (bicyclic) bond motifs is 10. The van der Waals surface area contributed by atoms with Gasteiger partial charge in [-0.3, -0.25) is 0 Å². The summed E-state index contributed by atoms with van der Waals surface area (Å²) in [6.07, 6.45) is 0. The third-order valence-corrected chi connectivity index (χ3v) is 13.9. The molecule has 13 rings (SSSR count). The van der Waals surface area contributed by atoms with Crippen molar-refractivity contribution in [1.29, 1.82) is 0 Å². The maximum Gasteiger partial charge on any atom is 0.0541 e. The number of aromatic nitrogens is 2. The summed E-state index contributed by atoms with van der Waals surface area (Å²) in [5.41, 5.74) is 14.5. The second kappa shape index (κ2) is 13.4. The molecular weight excluding hydrogens is 757 g/mol. The van der Waals surface area contributed by atoms with Gasteiger partial charge in [-0.25, -0.2) is 0 Å². The lowest BCUT2D eigenvalue weighted by atomic mass is 9.95. The minimum absolute atomic E-state index is 1.17. The van der Waals surface area contributed by atoms with E-state index in [0.717, 1.165) is 0 Å². The first-order valence-electron chi connectivity index (χ1n) is 20.9. The smallest absolute Gasteiger partial charge is 0.0541 e. The molecule has 0 bridgehead atoms. The summed E-state index contributed by atoms with van der Waals surface area (Å²) in [7, 11) is 0. The van der Waals surface area contributed by atoms with E-state index >= 15 is 0 Å². The zero-order chi connectivity index (χ0) is 40.0. The van der Waals surface area contributed by atoms with E-state index in [1.807, 2.05) is 11.3 Å². The Morgan fingerprint density at radius 3 is 1.48 bits per heavy atom. The lowest BCUT2D eigenvalue weighted by Crippen LogP contribution is -1.95. The number of rotatable bonds is 5. The van der Waals surface area contributed by atoms with Gasteiger partial charge in [0.15, 0.2) is 0 Å². The van der Waals surface area contributed by atoms with E-state index in [4.69, 9.17) is 0 Å². The molecule has 0 amide bonds. The molecule has 0 fully saturated rings. The van der Waals surface area contributed by atoms with Crippen molar-refractivity contribution in [2.75, 3.05) is 0 Å². The fourth-order valence-corrected chi connectivity index (χ4v) is 11.1. The molecule has 3 heterocycles. The van der Waals surface area contributed by atoms with Crippen molar-refractivity contribution in [3.8, 4) is 44.8 Å². The Kier molecular flexibility index (Phi) is 7.51. The maximum atomic E-state index is 2.48. The predicted molar refractivity (Wildman–Crippen MR) is 262 cm³/mol. The monoisotopic (exact) mass is 792 g/mol. The molecule has 0 N–H and O–H groups in total. The molecule has 0 aliphatic heterocycles. The molecule has 0 radical (unpaired) electrons. The van der Waals surface area contributed by atoms with Gasteiger partial charge in [-0.2, -0.15) is 0 Å². The van der Waals surface area contributed by atoms with Gasteiger partial charge < -0.3 is 9.13 Å². The number of nitrogens with zero attached hydrogens (tertiary/aromatic N) is 2. The van der Waals surface area contributed by atoms with Crippen LogP contribution in [0.25, 0.3) is 119 Å². The van der Waals surface area contributed by atoms with Gasteiger partial charge in [-0.15, -0.1) is 11.3 Å². The highest BCUT2D eigenvalue weighted by molar-refractivity contribution is 7.26. The van der Waals surface area contributed by atoms with E-state index in [-0.39, 0.29) is 0 Å². The van der Waals surface area contributed by atoms with E-state index in [1.165, 1.54) is 119 Å². The fourth-order valence-electron chi connectivity index (χ4n) is 9.90. The molecule has 10 aromatic carbocycles. The van der Waals surface area contributed by atoms with Crippen molar-refractivity contribution in [1.82, 2.24) is 9.13 Å². The average molecular weight is 793 g/mol. The molecule has 13 aromatic rings. The van der Waals surface area contributed by atoms with Crippen LogP contribution in [0.4, 0.5) is 0 Å². The predicted octanol–water partition coefficient (Wildman–Crippen LogP) is 16.4. The SMILES string of the molecule is c1ccc(-n2c3ccccc3c3cc(-c4ccc5c(c4)c4ccccc4n5-c4cc(-c5ccc(-c6cccc7ccccc67)cc5)c5sc6ccccc6c5c4)ccc32)cc1. The highest BCUT2D eigenvalue weighted by atomic mass is 32.1. The molecule has 3 heteroatoms. The van der Waals surface area contributed by atoms with Gasteiger partial charge in [0.05, 0.1) is 22.1 Å². The summed E-state index contributed by atoms with van der Waals surface area (Å²) < 4.78 is 7.48. The topological polar surface area (TPSA) is 9.86 Å². The van der Waals surface area contributed by atoms with E-state index in [9.17, 15) is 0 Å². The molecule has 61 heavy (non-hydrogen) atoms. The third kappa shape index (κ3) is 5.28. The Balaban J connectivity index is 0.985. The van der Waals surface area contributed by atoms with Crippen molar-refractivity contribution in [2.24, 2.45) is 0 Å². The van der Waals surface area contributed by atoms with Crippen LogP contribution in [0.1, 0.15) is 0 Å². The number of hydrogen-bond acceptors (Lipinski definition) is 1. The maximum absolute atomic E-state index is 2.48. The lowest BCUT2D eigenvalue weighted by molar-refractivity contribution is 1.18. The molecule has 3 aromatic heterocycles. The van der Waals surface area contributed by atoms with Crippen molar-refractivity contribution in [3.63, 3.8) is 0 Å². The normalized spacial score (nSPS) is 11.9. The van der Waals surface area contributed by atoms with E-state index < -0.39 is 0 Å². The molecule has 0 aliphatic rings. The largest absolute Gasteiger partial charge is 0.309 e. The summed E-state index contributed by atoms with van der Waals surface area (Å²) in [6.45, 7) is 0. The Hall–Kier alpha value is -7.72. The van der Waals surface area contributed by atoms with E-state index in [0.29, 0.717) is 0 Å². The van der Waals surface area contributed by atoms with Crippen molar-refractivity contribution in [3.05, 3.63) is 218 Å². The molecule has 0 aliphatic carbocycles. The van der Waals surface area contributed by atoms with E-state index in [2.05, 4.69) is 228 Å². The highest BCUT2D eigenvalue weighted by Crippen LogP contribution is 2.44. The van der Waals surface area contributed by atoms with Crippen LogP contribution >= 0.6 is 11.3 Å². The fraction of sp³-hybridized carbons (Fsp3) is 0. The zero-order valence-electron chi connectivity index (χ0n) is 33.1.